The molecule has 2 N–H and O–H groups in total. The zero-order chi connectivity index (χ0) is 17.4. The number of carbonyl (C=O) groups excluding carboxylic acids is 2. The molecule has 6 heteroatoms. The van der Waals surface area contributed by atoms with Crippen LogP contribution in [-0.4, -0.2) is 23.3 Å². The Balaban J connectivity index is 1.64. The second-order valence-electron chi connectivity index (χ2n) is 5.30. The van der Waals surface area contributed by atoms with Gasteiger partial charge in [0.15, 0.2) is 0 Å². The number of hydrazine groups is 1. The lowest BCUT2D eigenvalue weighted by atomic mass is 10.2. The molecule has 2 aromatic rings. The normalized spacial score (nSPS) is 10.2. The van der Waals surface area contributed by atoms with E-state index in [-0.39, 0.29) is 23.3 Å². The van der Waals surface area contributed by atoms with Gasteiger partial charge in [-0.15, -0.1) is 23.5 Å². The van der Waals surface area contributed by atoms with Crippen molar-refractivity contribution in [2.24, 2.45) is 0 Å². The standard InChI is InChI=1S/C18H20N2O2S2/c1-13-3-7-15(8-4-13)23-11-17(21)19-20-18(22)12-24-16-9-5-14(2)6-10-16/h3-10H,11-12H2,1-2H3,(H,19,21)(H,20,22). The summed E-state index contributed by atoms with van der Waals surface area (Å²) in [6, 6.07) is 15.9. The van der Waals surface area contributed by atoms with Crippen LogP contribution >= 0.6 is 23.5 Å². The van der Waals surface area contributed by atoms with Gasteiger partial charge in [-0.25, -0.2) is 0 Å². The molecule has 0 atom stereocenters. The number of aryl methyl sites for hydroxylation is 2. The molecule has 0 unspecified atom stereocenters. The Bertz CT molecular complexity index is 624. The Kier molecular flexibility index (Phi) is 7.21. The fourth-order valence-corrected chi connectivity index (χ4v) is 3.18. The average Bonchev–Trinajstić information content (AvgIpc) is 2.59. The number of nitrogens with one attached hydrogen (secondary N) is 2. The Morgan fingerprint density at radius 3 is 1.38 bits per heavy atom. The van der Waals surface area contributed by atoms with Crippen molar-refractivity contribution in [1.82, 2.24) is 10.9 Å². The second-order valence-corrected chi connectivity index (χ2v) is 7.40. The summed E-state index contributed by atoms with van der Waals surface area (Å²) in [5, 5.41) is 0. The molecule has 0 saturated carbocycles. The quantitative estimate of drug-likeness (QED) is 0.613. The SMILES string of the molecule is Cc1ccc(SCC(=O)NNC(=O)CSc2ccc(C)cc2)cc1. The minimum absolute atomic E-state index is 0.228. The third-order valence-electron chi connectivity index (χ3n) is 3.12. The number of thioether (sulfide) groups is 2. The lowest BCUT2D eigenvalue weighted by Gasteiger charge is -2.07. The van der Waals surface area contributed by atoms with Gasteiger partial charge in [-0.2, -0.15) is 0 Å². The summed E-state index contributed by atoms with van der Waals surface area (Å²) >= 11 is 2.86. The monoisotopic (exact) mass is 360 g/mol. The molecule has 0 aliphatic carbocycles. The highest BCUT2D eigenvalue weighted by atomic mass is 32.2. The van der Waals surface area contributed by atoms with Gasteiger partial charge in [0, 0.05) is 9.79 Å². The first-order chi connectivity index (χ1) is 11.5. The van der Waals surface area contributed by atoms with E-state index in [0.717, 1.165) is 9.79 Å². The topological polar surface area (TPSA) is 58.2 Å². The Morgan fingerprint density at radius 1 is 0.708 bits per heavy atom. The van der Waals surface area contributed by atoms with Crippen molar-refractivity contribution in [2.75, 3.05) is 11.5 Å². The van der Waals surface area contributed by atoms with Crippen molar-refractivity contribution in [3.63, 3.8) is 0 Å². The first kappa shape index (κ1) is 18.4. The third kappa shape index (κ3) is 6.68. The maximum atomic E-state index is 11.7. The zero-order valence-electron chi connectivity index (χ0n) is 13.7. The van der Waals surface area contributed by atoms with Crippen LogP contribution in [-0.2, 0) is 9.59 Å². The molecule has 4 nitrogen and oxygen atoms in total. The van der Waals surface area contributed by atoms with Crippen LogP contribution < -0.4 is 10.9 Å². The molecule has 0 aliphatic rings. The van der Waals surface area contributed by atoms with Gasteiger partial charge in [-0.05, 0) is 38.1 Å². The number of carbonyl (C=O) groups is 2. The van der Waals surface area contributed by atoms with Crippen LogP contribution in [0.25, 0.3) is 0 Å². The van der Waals surface area contributed by atoms with Crippen molar-refractivity contribution >= 4 is 35.3 Å². The number of hydrogen-bond donors (Lipinski definition) is 2. The Hall–Kier alpha value is -1.92. The maximum Gasteiger partial charge on any atom is 0.248 e. The van der Waals surface area contributed by atoms with E-state index in [1.54, 1.807) is 0 Å². The highest BCUT2D eigenvalue weighted by Crippen LogP contribution is 2.18. The van der Waals surface area contributed by atoms with Gasteiger partial charge in [-0.1, -0.05) is 35.4 Å². The van der Waals surface area contributed by atoms with E-state index >= 15 is 0 Å². The average molecular weight is 361 g/mol. The fourth-order valence-electron chi connectivity index (χ4n) is 1.78. The first-order valence-corrected chi connectivity index (χ1v) is 9.46. The van der Waals surface area contributed by atoms with E-state index in [4.69, 9.17) is 0 Å². The minimum atomic E-state index is -0.228. The van der Waals surface area contributed by atoms with Crippen LogP contribution in [0.2, 0.25) is 0 Å². The zero-order valence-corrected chi connectivity index (χ0v) is 15.3. The molecule has 126 valence electrons. The van der Waals surface area contributed by atoms with Crippen LogP contribution in [0.3, 0.4) is 0 Å². The van der Waals surface area contributed by atoms with E-state index in [1.165, 1.54) is 34.7 Å². The number of amides is 2. The van der Waals surface area contributed by atoms with Gasteiger partial charge in [0.1, 0.15) is 0 Å². The number of rotatable bonds is 6. The van der Waals surface area contributed by atoms with E-state index in [0.29, 0.717) is 0 Å². The predicted octanol–water partition coefficient (Wildman–Crippen LogP) is 3.34. The van der Waals surface area contributed by atoms with Crippen molar-refractivity contribution in [1.29, 1.82) is 0 Å². The second kappa shape index (κ2) is 9.39. The van der Waals surface area contributed by atoms with Crippen molar-refractivity contribution in [3.05, 3.63) is 59.7 Å². The van der Waals surface area contributed by atoms with E-state index in [2.05, 4.69) is 10.9 Å². The molecular formula is C18H20N2O2S2. The Morgan fingerprint density at radius 2 is 1.04 bits per heavy atom. The van der Waals surface area contributed by atoms with Gasteiger partial charge < -0.3 is 0 Å². The highest BCUT2D eigenvalue weighted by molar-refractivity contribution is 8.00. The molecule has 0 aromatic heterocycles. The summed E-state index contributed by atoms with van der Waals surface area (Å²) in [6.07, 6.45) is 0. The Labute approximate surface area is 150 Å². The van der Waals surface area contributed by atoms with E-state index in [1.807, 2.05) is 62.4 Å². The molecule has 2 aromatic carbocycles. The molecule has 0 fully saturated rings. The first-order valence-electron chi connectivity index (χ1n) is 7.49. The maximum absolute atomic E-state index is 11.7. The molecule has 24 heavy (non-hydrogen) atoms. The summed E-state index contributed by atoms with van der Waals surface area (Å²) in [6.45, 7) is 4.04. The van der Waals surface area contributed by atoms with E-state index in [9.17, 15) is 9.59 Å². The molecule has 0 radical (unpaired) electrons. The minimum Gasteiger partial charge on any atom is -0.272 e. The van der Waals surface area contributed by atoms with Gasteiger partial charge in [0.25, 0.3) is 0 Å². The van der Waals surface area contributed by atoms with Crippen LogP contribution in [0.1, 0.15) is 11.1 Å². The summed E-state index contributed by atoms with van der Waals surface area (Å²) < 4.78 is 0. The summed E-state index contributed by atoms with van der Waals surface area (Å²) in [7, 11) is 0. The predicted molar refractivity (Wildman–Crippen MR) is 100 cm³/mol. The van der Waals surface area contributed by atoms with Gasteiger partial charge >= 0.3 is 0 Å². The molecule has 2 rings (SSSR count). The molecule has 0 spiro atoms. The molecule has 0 saturated heterocycles. The van der Waals surface area contributed by atoms with Crippen molar-refractivity contribution in [3.8, 4) is 0 Å². The lowest BCUT2D eigenvalue weighted by Crippen LogP contribution is -2.43. The number of hydrogen-bond acceptors (Lipinski definition) is 4. The van der Waals surface area contributed by atoms with Crippen molar-refractivity contribution < 1.29 is 9.59 Å². The fraction of sp³-hybridized carbons (Fsp3) is 0.222. The molecule has 2 amide bonds. The van der Waals surface area contributed by atoms with Gasteiger partial charge in [0.2, 0.25) is 11.8 Å². The smallest absolute Gasteiger partial charge is 0.248 e. The van der Waals surface area contributed by atoms with Crippen LogP contribution in [0.15, 0.2) is 58.3 Å². The summed E-state index contributed by atoms with van der Waals surface area (Å²) in [5.74, 6) is 0.0617. The summed E-state index contributed by atoms with van der Waals surface area (Å²) in [5.41, 5.74) is 7.24. The molecular weight excluding hydrogens is 340 g/mol. The van der Waals surface area contributed by atoms with Crippen LogP contribution in [0.5, 0.6) is 0 Å². The molecule has 0 aliphatic heterocycles. The molecule has 0 bridgehead atoms. The van der Waals surface area contributed by atoms with Gasteiger partial charge in [-0.3, -0.25) is 20.4 Å². The number of benzene rings is 2. The van der Waals surface area contributed by atoms with Crippen LogP contribution in [0.4, 0.5) is 0 Å². The highest BCUT2D eigenvalue weighted by Gasteiger charge is 2.06. The van der Waals surface area contributed by atoms with E-state index < -0.39 is 0 Å². The van der Waals surface area contributed by atoms with Crippen LogP contribution in [0, 0.1) is 13.8 Å². The summed E-state index contributed by atoms with van der Waals surface area (Å²) in [4.78, 5) is 25.5. The third-order valence-corrected chi connectivity index (χ3v) is 5.15. The largest absolute Gasteiger partial charge is 0.272 e. The van der Waals surface area contributed by atoms with Gasteiger partial charge in [0.05, 0.1) is 11.5 Å². The molecule has 0 heterocycles. The van der Waals surface area contributed by atoms with Crippen molar-refractivity contribution in [2.45, 2.75) is 23.6 Å². The lowest BCUT2D eigenvalue weighted by molar-refractivity contribution is -0.126.